The molecule has 0 spiro atoms. The lowest BCUT2D eigenvalue weighted by Gasteiger charge is -2.34. The van der Waals surface area contributed by atoms with Gasteiger partial charge in [0.05, 0.1) is 67.2 Å². The molecule has 16 heteroatoms. The van der Waals surface area contributed by atoms with Crippen LogP contribution >= 0.6 is 7.82 Å². The Morgan fingerprint density at radius 2 is 0.817 bits per heavy atom. The van der Waals surface area contributed by atoms with Crippen LogP contribution in [0.1, 0.15) is 168 Å². The van der Waals surface area contributed by atoms with E-state index >= 15 is 0 Å². The standard InChI is InChI=1S/C55H102N5O10P/c1-7-10-43-66-53(61)48-56-34-36-57(49-54(62)67-44-11-8-2)38-40-59(41-39-58(37-35-56)50-55(63)68-45-12-9-3)52-32-30-51(31-33-52)29-27-25-23-21-19-17-15-13-14-16-18-20-22-24-26-28-46-69-71(64,65)70-47-42-60(4,5)6/h30-33H,7-29,34-50H2,1-6H3/p+1. The second-order valence-corrected chi connectivity index (χ2v) is 22.2. The molecule has 1 unspecified atom stereocenters. The van der Waals surface area contributed by atoms with Crippen LogP contribution in [0.3, 0.4) is 0 Å². The van der Waals surface area contributed by atoms with Crippen molar-refractivity contribution in [1.29, 1.82) is 0 Å². The number of hydrogen-bond acceptors (Lipinski definition) is 13. The summed E-state index contributed by atoms with van der Waals surface area (Å²) >= 11 is 0. The van der Waals surface area contributed by atoms with E-state index in [4.69, 9.17) is 23.3 Å². The summed E-state index contributed by atoms with van der Waals surface area (Å²) in [5.41, 5.74) is 2.48. The van der Waals surface area contributed by atoms with Gasteiger partial charge in [0.25, 0.3) is 0 Å². The molecule has 1 atom stereocenters. The molecule has 71 heavy (non-hydrogen) atoms. The highest BCUT2D eigenvalue weighted by Gasteiger charge is 2.24. The number of quaternary nitrogens is 1. The fourth-order valence-corrected chi connectivity index (χ4v) is 9.12. The van der Waals surface area contributed by atoms with Gasteiger partial charge in [-0.3, -0.25) is 38.1 Å². The summed E-state index contributed by atoms with van der Waals surface area (Å²) in [4.78, 5) is 57.4. The van der Waals surface area contributed by atoms with Crippen molar-refractivity contribution in [1.82, 2.24) is 14.7 Å². The van der Waals surface area contributed by atoms with Gasteiger partial charge < -0.3 is 28.5 Å². The molecule has 1 N–H and O–H groups in total. The Labute approximate surface area is 432 Å². The maximum atomic E-state index is 13.0. The van der Waals surface area contributed by atoms with Crippen molar-refractivity contribution in [3.63, 3.8) is 0 Å². The number of rotatable bonds is 40. The fourth-order valence-electron chi connectivity index (χ4n) is 8.37. The van der Waals surface area contributed by atoms with Crippen LogP contribution in [0, 0.1) is 0 Å². The Balaban J connectivity index is 1.77. The molecule has 0 amide bonds. The number of nitrogens with zero attached hydrogens (tertiary/aromatic N) is 5. The molecule has 0 saturated carbocycles. The van der Waals surface area contributed by atoms with E-state index in [0.29, 0.717) is 83.2 Å². The largest absolute Gasteiger partial charge is 0.472 e. The third-order valence-electron chi connectivity index (χ3n) is 13.1. The fraction of sp³-hybridized carbons (Fsp3) is 0.836. The van der Waals surface area contributed by atoms with Crippen molar-refractivity contribution in [3.8, 4) is 0 Å². The summed E-state index contributed by atoms with van der Waals surface area (Å²) in [6, 6.07) is 8.97. The molecule has 1 aliphatic heterocycles. The number of carbonyl (C=O) groups excluding carboxylic acids is 3. The van der Waals surface area contributed by atoms with Gasteiger partial charge >= 0.3 is 25.7 Å². The molecule has 2 rings (SSSR count). The van der Waals surface area contributed by atoms with Crippen molar-refractivity contribution in [2.45, 2.75) is 168 Å². The highest BCUT2D eigenvalue weighted by atomic mass is 31.2. The van der Waals surface area contributed by atoms with Gasteiger partial charge in [0.1, 0.15) is 13.2 Å². The lowest BCUT2D eigenvalue weighted by atomic mass is 10.0. The number of anilines is 1. The number of phosphoric acid groups is 1. The third-order valence-corrected chi connectivity index (χ3v) is 14.1. The first-order valence-electron chi connectivity index (χ1n) is 28.1. The molecular formula is C55H103N5O10P+. The van der Waals surface area contributed by atoms with E-state index in [1.165, 1.54) is 89.0 Å². The van der Waals surface area contributed by atoms with Gasteiger partial charge in [-0.05, 0) is 56.2 Å². The number of carbonyl (C=O) groups is 3. The maximum Gasteiger partial charge on any atom is 0.472 e. The van der Waals surface area contributed by atoms with Gasteiger partial charge in [-0.25, -0.2) is 4.57 Å². The number of benzene rings is 1. The Morgan fingerprint density at radius 1 is 0.479 bits per heavy atom. The Morgan fingerprint density at radius 3 is 1.18 bits per heavy atom. The van der Waals surface area contributed by atoms with Crippen LogP contribution in [0.2, 0.25) is 0 Å². The maximum absolute atomic E-state index is 13.0. The quantitative estimate of drug-likeness (QED) is 0.0219. The van der Waals surface area contributed by atoms with Gasteiger partial charge in [-0.2, -0.15) is 0 Å². The Bertz CT molecular complexity index is 1510. The molecule has 1 aromatic carbocycles. The van der Waals surface area contributed by atoms with Gasteiger partial charge in [-0.15, -0.1) is 0 Å². The highest BCUT2D eigenvalue weighted by Crippen LogP contribution is 2.43. The SMILES string of the molecule is CCCCOC(=O)CN1CCN(CC(=O)OCCCC)CCN(c2ccc(CCCCCCCCCCCCCCCCCCOP(=O)(O)OCC[N+](C)(C)C)cc2)CCN(CC(=O)OCCCC)CC1. The molecule has 1 aromatic rings. The minimum absolute atomic E-state index is 0.159. The smallest absolute Gasteiger partial charge is 0.465 e. The van der Waals surface area contributed by atoms with Crippen LogP contribution in [0.25, 0.3) is 0 Å². The van der Waals surface area contributed by atoms with Crippen molar-refractivity contribution in [3.05, 3.63) is 29.8 Å². The van der Waals surface area contributed by atoms with Crippen molar-refractivity contribution < 1.29 is 51.6 Å². The molecule has 15 nitrogen and oxygen atoms in total. The summed E-state index contributed by atoms with van der Waals surface area (Å²) in [6.07, 6.45) is 26.1. The topological polar surface area (TPSA) is 148 Å². The Hall–Kier alpha value is -2.62. The van der Waals surface area contributed by atoms with Gasteiger partial charge in [0, 0.05) is 58.0 Å². The van der Waals surface area contributed by atoms with Crippen LogP contribution in [0.5, 0.6) is 0 Å². The first-order chi connectivity index (χ1) is 34.2. The van der Waals surface area contributed by atoms with Gasteiger partial charge in [0.15, 0.2) is 0 Å². The normalized spacial score (nSPS) is 15.7. The molecular weight excluding hydrogens is 922 g/mol. The summed E-state index contributed by atoms with van der Waals surface area (Å²) in [5, 5.41) is 0. The number of likely N-dealkylation sites (N-methyl/N-ethyl adjacent to an activating group) is 1. The zero-order chi connectivity index (χ0) is 51.8. The average Bonchev–Trinajstić information content (AvgIpc) is 3.32. The van der Waals surface area contributed by atoms with Gasteiger partial charge in [0.2, 0.25) is 0 Å². The zero-order valence-corrected chi connectivity index (χ0v) is 46.8. The molecule has 0 aliphatic carbocycles. The minimum atomic E-state index is -3.94. The molecule has 0 aromatic heterocycles. The van der Waals surface area contributed by atoms with E-state index in [1.54, 1.807) is 0 Å². The molecule has 1 aliphatic rings. The second-order valence-electron chi connectivity index (χ2n) is 20.8. The number of ether oxygens (including phenoxy) is 3. The van der Waals surface area contributed by atoms with Crippen LogP contribution in [0.4, 0.5) is 5.69 Å². The number of esters is 3. The lowest BCUT2D eigenvalue weighted by Crippen LogP contribution is -2.49. The van der Waals surface area contributed by atoms with Crippen molar-refractivity contribution in [2.75, 3.05) is 138 Å². The van der Waals surface area contributed by atoms with Crippen LogP contribution in [-0.2, 0) is 48.6 Å². The van der Waals surface area contributed by atoms with Crippen molar-refractivity contribution in [2.24, 2.45) is 0 Å². The predicted octanol–water partition coefficient (Wildman–Crippen LogP) is 10.1. The van der Waals surface area contributed by atoms with E-state index in [1.807, 2.05) is 21.1 Å². The zero-order valence-electron chi connectivity index (χ0n) is 45.9. The average molecular weight is 1030 g/mol. The molecule has 412 valence electrons. The number of unbranched alkanes of at least 4 members (excludes halogenated alkanes) is 18. The first kappa shape index (κ1) is 64.5. The Kier molecular flexibility index (Phi) is 37.0. The lowest BCUT2D eigenvalue weighted by molar-refractivity contribution is -0.870. The summed E-state index contributed by atoms with van der Waals surface area (Å²) in [7, 11) is 2.10. The number of aryl methyl sites for hydroxylation is 1. The van der Waals surface area contributed by atoms with E-state index in [-0.39, 0.29) is 50.8 Å². The highest BCUT2D eigenvalue weighted by molar-refractivity contribution is 7.47. The molecule has 0 radical (unpaired) electrons. The van der Waals surface area contributed by atoms with Crippen LogP contribution in [0.15, 0.2) is 24.3 Å². The summed E-state index contributed by atoms with van der Waals surface area (Å²) < 4.78 is 39.6. The van der Waals surface area contributed by atoms with E-state index in [0.717, 1.165) is 69.9 Å². The monoisotopic (exact) mass is 1020 g/mol. The third kappa shape index (κ3) is 36.1. The second kappa shape index (κ2) is 40.7. The van der Waals surface area contributed by atoms with Crippen LogP contribution < -0.4 is 4.90 Å². The molecule has 1 saturated heterocycles. The van der Waals surface area contributed by atoms with Gasteiger partial charge in [-0.1, -0.05) is 142 Å². The molecule has 1 fully saturated rings. The van der Waals surface area contributed by atoms with E-state index < -0.39 is 7.82 Å². The van der Waals surface area contributed by atoms with E-state index in [2.05, 4.69) is 64.6 Å². The van der Waals surface area contributed by atoms with E-state index in [9.17, 15) is 23.8 Å². The molecule has 1 heterocycles. The van der Waals surface area contributed by atoms with Crippen LogP contribution in [-0.4, -0.2) is 175 Å². The summed E-state index contributed by atoms with van der Waals surface area (Å²) in [5.74, 6) is -0.695. The number of hydrogen-bond donors (Lipinski definition) is 1. The predicted molar refractivity (Wildman–Crippen MR) is 288 cm³/mol. The first-order valence-corrected chi connectivity index (χ1v) is 29.6. The van der Waals surface area contributed by atoms with Crippen molar-refractivity contribution >= 4 is 31.4 Å². The minimum Gasteiger partial charge on any atom is -0.465 e. The summed E-state index contributed by atoms with van der Waals surface area (Å²) in [6.45, 7) is 14.2. The number of phosphoric ester groups is 1. The molecule has 0 bridgehead atoms.